The molecule has 0 fully saturated rings. The maximum atomic E-state index is 10.2. The SMILES string of the molecule is CSC=C(N(C)C)[N+](=O)[O-]. The minimum Gasteiger partial charge on any atom is -0.358 e. The molecule has 0 spiro atoms. The highest BCUT2D eigenvalue weighted by molar-refractivity contribution is 8.01. The van der Waals surface area contributed by atoms with E-state index in [2.05, 4.69) is 0 Å². The van der Waals surface area contributed by atoms with Gasteiger partial charge in [0.05, 0.1) is 19.5 Å². The summed E-state index contributed by atoms with van der Waals surface area (Å²) in [4.78, 5) is 11.3. The summed E-state index contributed by atoms with van der Waals surface area (Å²) in [6, 6.07) is 0. The zero-order chi connectivity index (χ0) is 8.15. The van der Waals surface area contributed by atoms with E-state index in [0.717, 1.165) is 0 Å². The van der Waals surface area contributed by atoms with Gasteiger partial charge < -0.3 is 10.1 Å². The zero-order valence-electron chi connectivity index (χ0n) is 6.20. The van der Waals surface area contributed by atoms with Crippen molar-refractivity contribution in [2.75, 3.05) is 20.4 Å². The van der Waals surface area contributed by atoms with E-state index in [0.29, 0.717) is 0 Å². The number of nitro groups is 1. The predicted octanol–water partition coefficient (Wildman–Crippen LogP) is 0.987. The standard InChI is InChI=1S/C5H10N2O2S/c1-6(2)5(4-10-3)7(8)9/h4H,1-3H3. The molecule has 0 atom stereocenters. The van der Waals surface area contributed by atoms with Crippen molar-refractivity contribution in [3.05, 3.63) is 21.3 Å². The van der Waals surface area contributed by atoms with Gasteiger partial charge in [-0.15, -0.1) is 11.8 Å². The Morgan fingerprint density at radius 1 is 1.70 bits per heavy atom. The van der Waals surface area contributed by atoms with Crippen LogP contribution in [-0.4, -0.2) is 30.2 Å². The first-order chi connectivity index (χ1) is 4.59. The first-order valence-corrected chi connectivity index (χ1v) is 3.93. The fourth-order valence-corrected chi connectivity index (χ4v) is 0.925. The molecule has 0 radical (unpaired) electrons. The van der Waals surface area contributed by atoms with Crippen LogP contribution >= 0.6 is 11.8 Å². The summed E-state index contributed by atoms with van der Waals surface area (Å²) >= 11 is 1.32. The molecule has 0 saturated heterocycles. The molecule has 10 heavy (non-hydrogen) atoms. The number of nitrogens with zero attached hydrogens (tertiary/aromatic N) is 2. The predicted molar refractivity (Wildman–Crippen MR) is 42.3 cm³/mol. The molecule has 0 bridgehead atoms. The van der Waals surface area contributed by atoms with Gasteiger partial charge in [-0.25, -0.2) is 0 Å². The lowest BCUT2D eigenvalue weighted by atomic mass is 10.7. The maximum Gasteiger partial charge on any atom is 0.324 e. The number of hydrogen-bond acceptors (Lipinski definition) is 4. The minimum atomic E-state index is -0.406. The topological polar surface area (TPSA) is 46.4 Å². The third-order valence-corrected chi connectivity index (χ3v) is 1.32. The summed E-state index contributed by atoms with van der Waals surface area (Å²) in [5.41, 5.74) is 0. The molecular weight excluding hydrogens is 152 g/mol. The van der Waals surface area contributed by atoms with Gasteiger partial charge in [-0.05, 0) is 11.2 Å². The molecule has 0 heterocycles. The lowest BCUT2D eigenvalue weighted by Crippen LogP contribution is -2.17. The Balaban J connectivity index is 4.27. The second-order valence-corrected chi connectivity index (χ2v) is 2.57. The number of thioether (sulfide) groups is 1. The maximum absolute atomic E-state index is 10.2. The van der Waals surface area contributed by atoms with E-state index in [1.165, 1.54) is 22.1 Å². The monoisotopic (exact) mass is 162 g/mol. The quantitative estimate of drug-likeness (QED) is 0.458. The molecule has 0 unspecified atom stereocenters. The van der Waals surface area contributed by atoms with Crippen molar-refractivity contribution in [1.82, 2.24) is 4.90 Å². The molecule has 0 aliphatic carbocycles. The molecule has 0 saturated carbocycles. The van der Waals surface area contributed by atoms with Crippen LogP contribution in [0.25, 0.3) is 0 Å². The van der Waals surface area contributed by atoms with Gasteiger partial charge in [0.15, 0.2) is 0 Å². The third-order valence-electron chi connectivity index (χ3n) is 0.869. The average molecular weight is 162 g/mol. The van der Waals surface area contributed by atoms with Gasteiger partial charge in [-0.2, -0.15) is 0 Å². The van der Waals surface area contributed by atoms with Gasteiger partial charge in [0.2, 0.25) is 0 Å². The highest BCUT2D eigenvalue weighted by atomic mass is 32.2. The van der Waals surface area contributed by atoms with E-state index in [4.69, 9.17) is 0 Å². The Kier molecular flexibility index (Phi) is 3.87. The minimum absolute atomic E-state index is 0.118. The van der Waals surface area contributed by atoms with E-state index in [1.807, 2.05) is 0 Å². The fraction of sp³-hybridized carbons (Fsp3) is 0.600. The molecule has 0 aliphatic rings. The van der Waals surface area contributed by atoms with Crippen molar-refractivity contribution < 1.29 is 4.92 Å². The molecule has 0 N–H and O–H groups in total. The van der Waals surface area contributed by atoms with Crippen molar-refractivity contribution in [2.45, 2.75) is 0 Å². The van der Waals surface area contributed by atoms with E-state index in [-0.39, 0.29) is 5.82 Å². The van der Waals surface area contributed by atoms with Crippen molar-refractivity contribution >= 4 is 11.8 Å². The largest absolute Gasteiger partial charge is 0.358 e. The van der Waals surface area contributed by atoms with Gasteiger partial charge in [0.25, 0.3) is 0 Å². The Bertz CT molecular complexity index is 156. The molecule has 0 aromatic heterocycles. The average Bonchev–Trinajstić information content (AvgIpc) is 1.81. The van der Waals surface area contributed by atoms with Crippen LogP contribution in [-0.2, 0) is 0 Å². The van der Waals surface area contributed by atoms with Gasteiger partial charge >= 0.3 is 5.82 Å². The highest BCUT2D eigenvalue weighted by Crippen LogP contribution is 2.05. The lowest BCUT2D eigenvalue weighted by Gasteiger charge is -2.06. The summed E-state index contributed by atoms with van der Waals surface area (Å²) in [5, 5.41) is 11.7. The Hall–Kier alpha value is -0.710. The van der Waals surface area contributed by atoms with Crippen molar-refractivity contribution in [1.29, 1.82) is 0 Å². The molecule has 0 amide bonds. The molecule has 0 aromatic carbocycles. The highest BCUT2D eigenvalue weighted by Gasteiger charge is 2.09. The smallest absolute Gasteiger partial charge is 0.324 e. The molecule has 4 nitrogen and oxygen atoms in total. The van der Waals surface area contributed by atoms with Gasteiger partial charge in [-0.1, -0.05) is 0 Å². The molecule has 0 aliphatic heterocycles. The van der Waals surface area contributed by atoms with Crippen LogP contribution in [0.4, 0.5) is 0 Å². The number of rotatable bonds is 3. The van der Waals surface area contributed by atoms with Crippen LogP contribution in [0.15, 0.2) is 11.2 Å². The molecule has 0 rings (SSSR count). The molecule has 0 aromatic rings. The summed E-state index contributed by atoms with van der Waals surface area (Å²) in [6.07, 6.45) is 1.78. The fourth-order valence-electron chi connectivity index (χ4n) is 0.417. The zero-order valence-corrected chi connectivity index (χ0v) is 7.01. The molecular formula is C5H10N2O2S. The van der Waals surface area contributed by atoms with E-state index in [1.54, 1.807) is 20.4 Å². The van der Waals surface area contributed by atoms with Crippen LogP contribution in [0.5, 0.6) is 0 Å². The van der Waals surface area contributed by atoms with E-state index in [9.17, 15) is 10.1 Å². The van der Waals surface area contributed by atoms with Gasteiger partial charge in [0.1, 0.15) is 0 Å². The van der Waals surface area contributed by atoms with Gasteiger partial charge in [-0.3, -0.25) is 4.90 Å². The number of hydrogen-bond donors (Lipinski definition) is 0. The molecule has 58 valence electrons. The van der Waals surface area contributed by atoms with Crippen LogP contribution in [0.3, 0.4) is 0 Å². The van der Waals surface area contributed by atoms with Gasteiger partial charge in [0, 0.05) is 0 Å². The Morgan fingerprint density at radius 2 is 2.20 bits per heavy atom. The van der Waals surface area contributed by atoms with Crippen molar-refractivity contribution in [3.63, 3.8) is 0 Å². The van der Waals surface area contributed by atoms with Crippen molar-refractivity contribution in [2.24, 2.45) is 0 Å². The summed E-state index contributed by atoms with van der Waals surface area (Å²) in [7, 11) is 3.29. The van der Waals surface area contributed by atoms with Crippen LogP contribution in [0.1, 0.15) is 0 Å². The Morgan fingerprint density at radius 3 is 2.30 bits per heavy atom. The summed E-state index contributed by atoms with van der Waals surface area (Å²) in [5.74, 6) is 0.118. The van der Waals surface area contributed by atoms with Crippen LogP contribution < -0.4 is 0 Å². The first-order valence-electron chi connectivity index (χ1n) is 2.64. The summed E-state index contributed by atoms with van der Waals surface area (Å²) < 4.78 is 0. The first kappa shape index (κ1) is 9.29. The third kappa shape index (κ3) is 2.72. The lowest BCUT2D eigenvalue weighted by molar-refractivity contribution is -0.443. The van der Waals surface area contributed by atoms with E-state index >= 15 is 0 Å². The van der Waals surface area contributed by atoms with Crippen LogP contribution in [0.2, 0.25) is 0 Å². The van der Waals surface area contributed by atoms with Crippen molar-refractivity contribution in [3.8, 4) is 0 Å². The van der Waals surface area contributed by atoms with E-state index < -0.39 is 4.92 Å². The molecule has 5 heteroatoms. The van der Waals surface area contributed by atoms with Crippen LogP contribution in [0, 0.1) is 10.1 Å². The Labute approximate surface area is 64.0 Å². The second-order valence-electron chi connectivity index (χ2n) is 1.86. The second kappa shape index (κ2) is 4.16. The normalized spacial score (nSPS) is 11.3. The summed E-state index contributed by atoms with van der Waals surface area (Å²) in [6.45, 7) is 0.